The Bertz CT molecular complexity index is 941. The molecule has 2 aromatic carbocycles. The number of nitrogens with zero attached hydrogens (tertiary/aromatic N) is 2. The molecule has 0 aromatic heterocycles. The third-order valence-corrected chi connectivity index (χ3v) is 6.23. The first-order valence-electron chi connectivity index (χ1n) is 8.69. The van der Waals surface area contributed by atoms with Crippen LogP contribution in [0.3, 0.4) is 0 Å². The van der Waals surface area contributed by atoms with Gasteiger partial charge in [-0.05, 0) is 36.8 Å². The number of anilines is 3. The van der Waals surface area contributed by atoms with Crippen LogP contribution >= 0.6 is 0 Å². The normalized spacial score (nSPS) is 17.0. The van der Waals surface area contributed by atoms with Gasteiger partial charge in [0.2, 0.25) is 0 Å². The van der Waals surface area contributed by atoms with Crippen LogP contribution in [0, 0.1) is 0 Å². The summed E-state index contributed by atoms with van der Waals surface area (Å²) in [7, 11) is -3.67. The van der Waals surface area contributed by atoms with Crippen molar-refractivity contribution in [1.29, 1.82) is 0 Å². The highest BCUT2D eigenvalue weighted by Crippen LogP contribution is 2.31. The Balaban J connectivity index is 1.56. The number of fused-ring (bicyclic) bond motifs is 1. The number of hydrogen-bond acceptors (Lipinski definition) is 5. The second kappa shape index (κ2) is 6.57. The lowest BCUT2D eigenvalue weighted by atomic mass is 10.2. The molecule has 2 aliphatic rings. The van der Waals surface area contributed by atoms with E-state index < -0.39 is 10.0 Å². The number of nitrogens with two attached hydrogens (primary N) is 1. The van der Waals surface area contributed by atoms with Crippen molar-refractivity contribution in [2.75, 3.05) is 41.5 Å². The summed E-state index contributed by atoms with van der Waals surface area (Å²) in [5.41, 5.74) is 9.44. The van der Waals surface area contributed by atoms with Gasteiger partial charge in [-0.3, -0.25) is 4.72 Å². The Morgan fingerprint density at radius 1 is 0.962 bits per heavy atom. The van der Waals surface area contributed by atoms with E-state index in [1.165, 1.54) is 11.8 Å². The molecule has 0 spiro atoms. The largest absolute Gasteiger partial charge is 0.397 e. The van der Waals surface area contributed by atoms with Crippen LogP contribution in [-0.2, 0) is 10.0 Å². The van der Waals surface area contributed by atoms with E-state index in [1.807, 2.05) is 6.07 Å². The number of para-hydroxylation sites is 1. The predicted molar refractivity (Wildman–Crippen MR) is 105 cm³/mol. The van der Waals surface area contributed by atoms with Crippen molar-refractivity contribution in [3.8, 4) is 0 Å². The molecule has 26 heavy (non-hydrogen) atoms. The van der Waals surface area contributed by atoms with Gasteiger partial charge in [0.15, 0.2) is 0 Å². The molecule has 0 amide bonds. The summed E-state index contributed by atoms with van der Waals surface area (Å²) >= 11 is 0. The average Bonchev–Trinajstić information content (AvgIpc) is 3.10. The zero-order valence-electron chi connectivity index (χ0n) is 14.4. The van der Waals surface area contributed by atoms with Crippen LogP contribution in [0.25, 0.3) is 0 Å². The summed E-state index contributed by atoms with van der Waals surface area (Å²) in [6, 6.07) is 13.8. The van der Waals surface area contributed by atoms with E-state index in [-0.39, 0.29) is 4.90 Å². The average molecular weight is 370 g/mol. The smallest absolute Gasteiger partial charge is 0.261 e. The van der Waals surface area contributed by atoms with Crippen molar-refractivity contribution < 1.29 is 8.42 Å². The fourth-order valence-electron chi connectivity index (χ4n) is 3.51. The number of sulfonamides is 1. The van der Waals surface area contributed by atoms with Gasteiger partial charge in [0.25, 0.3) is 10.0 Å². The summed E-state index contributed by atoms with van der Waals surface area (Å²) in [6.07, 6.45) is 3.37. The monoisotopic (exact) mass is 370 g/mol. The molecular weight excluding hydrogens is 348 g/mol. The zero-order chi connectivity index (χ0) is 18.1. The maximum atomic E-state index is 12.6. The molecule has 6 nitrogen and oxygen atoms in total. The molecule has 4 rings (SSSR count). The van der Waals surface area contributed by atoms with Crippen molar-refractivity contribution in [2.45, 2.75) is 11.3 Å². The van der Waals surface area contributed by atoms with Crippen LogP contribution in [0.4, 0.5) is 17.1 Å². The highest BCUT2D eigenvalue weighted by Gasteiger charge is 2.25. The molecule has 0 atom stereocenters. The van der Waals surface area contributed by atoms with Gasteiger partial charge in [0.1, 0.15) is 0 Å². The van der Waals surface area contributed by atoms with E-state index in [4.69, 9.17) is 5.73 Å². The van der Waals surface area contributed by atoms with Gasteiger partial charge in [0.05, 0.1) is 22.8 Å². The highest BCUT2D eigenvalue weighted by molar-refractivity contribution is 7.92. The molecule has 0 bridgehead atoms. The van der Waals surface area contributed by atoms with Crippen molar-refractivity contribution in [3.05, 3.63) is 60.3 Å². The molecule has 1 fully saturated rings. The van der Waals surface area contributed by atoms with E-state index in [9.17, 15) is 8.42 Å². The third-order valence-electron chi connectivity index (χ3n) is 4.85. The fraction of sp³-hybridized carbons (Fsp3) is 0.263. The Morgan fingerprint density at radius 3 is 2.50 bits per heavy atom. The lowest BCUT2D eigenvalue weighted by Crippen LogP contribution is -2.43. The van der Waals surface area contributed by atoms with Gasteiger partial charge < -0.3 is 15.5 Å². The summed E-state index contributed by atoms with van der Waals surface area (Å²) in [5, 5.41) is 0. The Labute approximate surface area is 154 Å². The Hall–Kier alpha value is -2.67. The second-order valence-corrected chi connectivity index (χ2v) is 8.27. The minimum atomic E-state index is -3.67. The summed E-state index contributed by atoms with van der Waals surface area (Å²) in [4.78, 5) is 4.78. The van der Waals surface area contributed by atoms with Crippen molar-refractivity contribution in [2.24, 2.45) is 0 Å². The van der Waals surface area contributed by atoms with E-state index in [1.54, 1.807) is 36.4 Å². The molecule has 136 valence electrons. The first-order chi connectivity index (χ1) is 12.5. The molecule has 0 radical (unpaired) electrons. The topological polar surface area (TPSA) is 78.7 Å². The number of rotatable bonds is 4. The minimum Gasteiger partial charge on any atom is -0.397 e. The van der Waals surface area contributed by atoms with Gasteiger partial charge in [-0.2, -0.15) is 0 Å². The maximum Gasteiger partial charge on any atom is 0.261 e. The van der Waals surface area contributed by atoms with Gasteiger partial charge in [-0.1, -0.05) is 24.3 Å². The van der Waals surface area contributed by atoms with Gasteiger partial charge in [-0.15, -0.1) is 0 Å². The van der Waals surface area contributed by atoms with Crippen molar-refractivity contribution in [1.82, 2.24) is 4.90 Å². The number of nitrogen functional groups attached to an aromatic ring is 1. The van der Waals surface area contributed by atoms with Crippen LogP contribution in [-0.4, -0.2) is 39.5 Å². The number of hydrogen-bond donors (Lipinski definition) is 2. The van der Waals surface area contributed by atoms with Crippen LogP contribution in [0.5, 0.6) is 0 Å². The van der Waals surface area contributed by atoms with Crippen molar-refractivity contribution in [3.63, 3.8) is 0 Å². The van der Waals surface area contributed by atoms with Crippen LogP contribution in [0.2, 0.25) is 0 Å². The molecule has 7 heteroatoms. The zero-order valence-corrected chi connectivity index (χ0v) is 15.2. The van der Waals surface area contributed by atoms with Gasteiger partial charge in [0, 0.05) is 31.0 Å². The van der Waals surface area contributed by atoms with Crippen LogP contribution < -0.4 is 15.4 Å². The summed E-state index contributed by atoms with van der Waals surface area (Å²) in [5.74, 6) is 0. The predicted octanol–water partition coefficient (Wildman–Crippen LogP) is 2.48. The second-order valence-electron chi connectivity index (χ2n) is 6.58. The molecule has 3 N–H and O–H groups in total. The molecule has 0 unspecified atom stereocenters. The Kier molecular flexibility index (Phi) is 4.24. The van der Waals surface area contributed by atoms with Gasteiger partial charge >= 0.3 is 0 Å². The lowest BCUT2D eigenvalue weighted by Gasteiger charge is -2.37. The van der Waals surface area contributed by atoms with Crippen LogP contribution in [0.15, 0.2) is 65.2 Å². The molecular formula is C19H22N4O2S. The van der Waals surface area contributed by atoms with E-state index in [2.05, 4.69) is 20.6 Å². The maximum absolute atomic E-state index is 12.6. The molecule has 2 heterocycles. The third kappa shape index (κ3) is 3.22. The van der Waals surface area contributed by atoms with Gasteiger partial charge in [-0.25, -0.2) is 8.42 Å². The number of benzene rings is 2. The van der Waals surface area contributed by atoms with E-state index >= 15 is 0 Å². The molecule has 0 saturated carbocycles. The van der Waals surface area contributed by atoms with E-state index in [0.29, 0.717) is 11.4 Å². The molecule has 1 saturated heterocycles. The SMILES string of the molecule is Nc1cc(S(=O)(=O)Nc2ccccc2)ccc1N1CCN2CCC=C2C1. The fourth-order valence-corrected chi connectivity index (χ4v) is 4.60. The molecule has 2 aromatic rings. The minimum absolute atomic E-state index is 0.168. The summed E-state index contributed by atoms with van der Waals surface area (Å²) < 4.78 is 27.8. The Morgan fingerprint density at radius 2 is 1.73 bits per heavy atom. The van der Waals surface area contributed by atoms with Crippen LogP contribution in [0.1, 0.15) is 6.42 Å². The first-order valence-corrected chi connectivity index (χ1v) is 10.2. The highest BCUT2D eigenvalue weighted by atomic mass is 32.2. The molecule has 2 aliphatic heterocycles. The quantitative estimate of drug-likeness (QED) is 0.809. The summed E-state index contributed by atoms with van der Waals surface area (Å²) in [6.45, 7) is 3.77. The lowest BCUT2D eigenvalue weighted by molar-refractivity contribution is 0.348. The number of nitrogens with one attached hydrogen (secondary N) is 1. The number of piperazine rings is 1. The first kappa shape index (κ1) is 16.8. The standard InChI is InChI=1S/C19H22N4O2S/c20-18-13-17(26(24,25)21-15-5-2-1-3-6-15)8-9-19(18)23-12-11-22-10-4-7-16(22)14-23/h1-3,5-9,13,21H,4,10-12,14,20H2. The van der Waals surface area contributed by atoms with Crippen molar-refractivity contribution >= 4 is 27.1 Å². The van der Waals surface area contributed by atoms with E-state index in [0.717, 1.165) is 38.3 Å². The molecule has 0 aliphatic carbocycles.